The molecule has 0 aliphatic carbocycles. The number of benzene rings is 1. The number of aryl methyl sites for hydroxylation is 1. The molecule has 1 heterocycles. The third-order valence-corrected chi connectivity index (χ3v) is 3.58. The lowest BCUT2D eigenvalue weighted by Gasteiger charge is -2.10. The molecule has 1 aliphatic heterocycles. The summed E-state index contributed by atoms with van der Waals surface area (Å²) in [5.74, 6) is 1.85. The number of rotatable bonds is 2. The second kappa shape index (κ2) is 4.71. The normalized spacial score (nSPS) is 20.2. The van der Waals surface area contributed by atoms with Gasteiger partial charge in [0.25, 0.3) is 0 Å². The molecular formula is C12H14O2S. The number of hydrogen-bond acceptors (Lipinski definition) is 3. The van der Waals surface area contributed by atoms with Crippen LogP contribution < -0.4 is 0 Å². The van der Waals surface area contributed by atoms with Crippen molar-refractivity contribution in [2.75, 3.05) is 11.5 Å². The van der Waals surface area contributed by atoms with E-state index in [4.69, 9.17) is 4.74 Å². The molecule has 1 unspecified atom stereocenters. The average molecular weight is 222 g/mol. The number of carbonyl (C=O) groups excluding carboxylic acids is 1. The molecule has 1 saturated heterocycles. The standard InChI is InChI=1S/C12H14O2S/c1-9-2-4-10(5-3-9)12(13)14-11-6-7-15-8-11/h2-5,11H,6-8H2,1H3. The van der Waals surface area contributed by atoms with Crippen molar-refractivity contribution in [1.29, 1.82) is 0 Å². The summed E-state index contributed by atoms with van der Waals surface area (Å²) in [6, 6.07) is 7.50. The Morgan fingerprint density at radius 3 is 2.73 bits per heavy atom. The van der Waals surface area contributed by atoms with Crippen LogP contribution in [0.5, 0.6) is 0 Å². The van der Waals surface area contributed by atoms with Crippen LogP contribution in [0.3, 0.4) is 0 Å². The molecule has 80 valence electrons. The first-order valence-electron chi connectivity index (χ1n) is 5.11. The molecule has 2 rings (SSSR count). The molecule has 1 aliphatic rings. The predicted molar refractivity (Wildman–Crippen MR) is 62.3 cm³/mol. The van der Waals surface area contributed by atoms with E-state index in [9.17, 15) is 4.79 Å². The van der Waals surface area contributed by atoms with Crippen molar-refractivity contribution in [1.82, 2.24) is 0 Å². The Kier molecular flexibility index (Phi) is 3.31. The maximum atomic E-state index is 11.7. The van der Waals surface area contributed by atoms with E-state index in [-0.39, 0.29) is 12.1 Å². The Labute approximate surface area is 94.0 Å². The molecule has 15 heavy (non-hydrogen) atoms. The number of thioether (sulfide) groups is 1. The number of ether oxygens (including phenoxy) is 1. The summed E-state index contributed by atoms with van der Waals surface area (Å²) in [6.45, 7) is 2.00. The van der Waals surface area contributed by atoms with Crippen molar-refractivity contribution in [3.63, 3.8) is 0 Å². The first-order chi connectivity index (χ1) is 7.25. The fraction of sp³-hybridized carbons (Fsp3) is 0.417. The van der Waals surface area contributed by atoms with Gasteiger partial charge in [-0.2, -0.15) is 11.8 Å². The summed E-state index contributed by atoms with van der Waals surface area (Å²) in [6.07, 6.45) is 1.10. The van der Waals surface area contributed by atoms with Gasteiger partial charge in [0.15, 0.2) is 0 Å². The Bertz CT molecular complexity index is 339. The fourth-order valence-corrected chi connectivity index (χ4v) is 2.61. The summed E-state index contributed by atoms with van der Waals surface area (Å²) in [4.78, 5) is 11.7. The Balaban J connectivity index is 1.98. The number of carbonyl (C=O) groups is 1. The van der Waals surface area contributed by atoms with Crippen LogP contribution >= 0.6 is 11.8 Å². The van der Waals surface area contributed by atoms with E-state index in [1.807, 2.05) is 43.0 Å². The van der Waals surface area contributed by atoms with Gasteiger partial charge in [0.05, 0.1) is 5.56 Å². The second-order valence-electron chi connectivity index (χ2n) is 3.76. The van der Waals surface area contributed by atoms with Gasteiger partial charge in [-0.25, -0.2) is 4.79 Å². The zero-order valence-electron chi connectivity index (χ0n) is 8.73. The lowest BCUT2D eigenvalue weighted by Crippen LogP contribution is -2.17. The van der Waals surface area contributed by atoms with E-state index < -0.39 is 0 Å². The van der Waals surface area contributed by atoms with Crippen LogP contribution in [0.4, 0.5) is 0 Å². The molecule has 1 fully saturated rings. The predicted octanol–water partition coefficient (Wildman–Crippen LogP) is 2.66. The van der Waals surface area contributed by atoms with E-state index in [2.05, 4.69) is 0 Å². The van der Waals surface area contributed by atoms with Crippen molar-refractivity contribution >= 4 is 17.7 Å². The van der Waals surface area contributed by atoms with Crippen molar-refractivity contribution in [2.45, 2.75) is 19.4 Å². The van der Waals surface area contributed by atoms with E-state index in [1.165, 1.54) is 0 Å². The molecule has 0 saturated carbocycles. The van der Waals surface area contributed by atoms with Gasteiger partial charge < -0.3 is 4.74 Å². The van der Waals surface area contributed by atoms with Crippen LogP contribution in [0.25, 0.3) is 0 Å². The molecule has 1 aromatic carbocycles. The topological polar surface area (TPSA) is 26.3 Å². The number of hydrogen-bond donors (Lipinski definition) is 0. The largest absolute Gasteiger partial charge is 0.458 e. The summed E-state index contributed by atoms with van der Waals surface area (Å²) >= 11 is 1.84. The lowest BCUT2D eigenvalue weighted by molar-refractivity contribution is 0.0357. The molecule has 0 bridgehead atoms. The maximum absolute atomic E-state index is 11.7. The molecule has 0 radical (unpaired) electrons. The van der Waals surface area contributed by atoms with Crippen molar-refractivity contribution in [3.05, 3.63) is 35.4 Å². The van der Waals surface area contributed by atoms with E-state index in [0.717, 1.165) is 23.5 Å². The summed E-state index contributed by atoms with van der Waals surface area (Å²) in [5, 5.41) is 0. The first kappa shape index (κ1) is 10.6. The lowest BCUT2D eigenvalue weighted by atomic mass is 10.1. The monoisotopic (exact) mass is 222 g/mol. The zero-order valence-corrected chi connectivity index (χ0v) is 9.55. The smallest absolute Gasteiger partial charge is 0.338 e. The van der Waals surface area contributed by atoms with Crippen LogP contribution in [-0.2, 0) is 4.74 Å². The van der Waals surface area contributed by atoms with Crippen LogP contribution in [0.1, 0.15) is 22.3 Å². The van der Waals surface area contributed by atoms with E-state index >= 15 is 0 Å². The van der Waals surface area contributed by atoms with Crippen LogP contribution in [-0.4, -0.2) is 23.6 Å². The molecule has 0 amide bonds. The minimum atomic E-state index is -0.192. The van der Waals surface area contributed by atoms with Gasteiger partial charge in [-0.05, 0) is 31.2 Å². The zero-order chi connectivity index (χ0) is 10.7. The van der Waals surface area contributed by atoms with Gasteiger partial charge in [0.1, 0.15) is 6.10 Å². The molecule has 2 nitrogen and oxygen atoms in total. The summed E-state index contributed by atoms with van der Waals surface area (Å²) in [5.41, 5.74) is 1.81. The van der Waals surface area contributed by atoms with Gasteiger partial charge in [0, 0.05) is 5.75 Å². The van der Waals surface area contributed by atoms with Crippen LogP contribution in [0.15, 0.2) is 24.3 Å². The first-order valence-corrected chi connectivity index (χ1v) is 6.26. The highest BCUT2D eigenvalue weighted by Gasteiger charge is 2.20. The molecule has 0 spiro atoms. The third-order valence-electron chi connectivity index (χ3n) is 2.45. The quantitative estimate of drug-likeness (QED) is 0.720. The average Bonchev–Trinajstić information content (AvgIpc) is 2.71. The van der Waals surface area contributed by atoms with Crippen molar-refractivity contribution in [2.24, 2.45) is 0 Å². The molecule has 1 aromatic rings. The minimum absolute atomic E-state index is 0.115. The Hall–Kier alpha value is -0.960. The SMILES string of the molecule is Cc1ccc(C(=O)OC2CCSC2)cc1. The van der Waals surface area contributed by atoms with Gasteiger partial charge in [-0.15, -0.1) is 0 Å². The third kappa shape index (κ3) is 2.75. The fourth-order valence-electron chi connectivity index (χ4n) is 1.51. The molecule has 3 heteroatoms. The molecule has 1 atom stereocenters. The van der Waals surface area contributed by atoms with Crippen LogP contribution in [0.2, 0.25) is 0 Å². The Morgan fingerprint density at radius 2 is 2.13 bits per heavy atom. The van der Waals surface area contributed by atoms with Gasteiger partial charge >= 0.3 is 5.97 Å². The Morgan fingerprint density at radius 1 is 1.40 bits per heavy atom. The van der Waals surface area contributed by atoms with E-state index in [1.54, 1.807) is 0 Å². The highest BCUT2D eigenvalue weighted by molar-refractivity contribution is 7.99. The molecule has 0 aromatic heterocycles. The van der Waals surface area contributed by atoms with E-state index in [0.29, 0.717) is 5.56 Å². The highest BCUT2D eigenvalue weighted by Crippen LogP contribution is 2.21. The highest BCUT2D eigenvalue weighted by atomic mass is 32.2. The second-order valence-corrected chi connectivity index (χ2v) is 4.91. The van der Waals surface area contributed by atoms with Gasteiger partial charge in [-0.3, -0.25) is 0 Å². The molecular weight excluding hydrogens is 208 g/mol. The summed E-state index contributed by atoms with van der Waals surface area (Å²) in [7, 11) is 0. The summed E-state index contributed by atoms with van der Waals surface area (Å²) < 4.78 is 5.38. The van der Waals surface area contributed by atoms with Gasteiger partial charge in [0.2, 0.25) is 0 Å². The van der Waals surface area contributed by atoms with Crippen LogP contribution in [0, 0.1) is 6.92 Å². The molecule has 0 N–H and O–H groups in total. The minimum Gasteiger partial charge on any atom is -0.458 e. The van der Waals surface area contributed by atoms with Gasteiger partial charge in [-0.1, -0.05) is 17.7 Å². The number of esters is 1. The van der Waals surface area contributed by atoms with Crippen molar-refractivity contribution in [3.8, 4) is 0 Å². The van der Waals surface area contributed by atoms with Crippen molar-refractivity contribution < 1.29 is 9.53 Å². The maximum Gasteiger partial charge on any atom is 0.338 e.